The van der Waals surface area contributed by atoms with Crippen LogP contribution in [-0.2, 0) is 19.1 Å². The second kappa shape index (κ2) is 42.6. The normalized spacial score (nSPS) is 10.2. The van der Waals surface area contributed by atoms with Crippen molar-refractivity contribution >= 4 is 11.9 Å². The molecule has 0 aromatic rings. The standard InChI is InChI=1S/C47H77NO4/c1-4-6-8-10-12-14-16-18-20-22-24-26-28-30-32-34-36-38-40-46(49)51-44-42-48(3)43-45-52-47(50)41-39-37-35-33-31-29-27-25-23-21-19-17-15-13-11-9-7-5-2/h4-27,36-45H2,1-3H3. The molecule has 294 valence electrons. The van der Waals surface area contributed by atoms with Crippen molar-refractivity contribution in [3.63, 3.8) is 0 Å². The van der Waals surface area contributed by atoms with E-state index in [9.17, 15) is 9.59 Å². The second-order valence-electron chi connectivity index (χ2n) is 14.2. The topological polar surface area (TPSA) is 55.8 Å². The van der Waals surface area contributed by atoms with Crippen molar-refractivity contribution in [3.05, 3.63) is 0 Å². The SMILES string of the molecule is CCCCCCCCCCCCCC#CC#CCCCC(=O)OCCN(C)CCOC(=O)CCCC#CC#CCCCCCCCCCCCCC. The molecule has 0 aliphatic heterocycles. The molecule has 0 heterocycles. The van der Waals surface area contributed by atoms with Crippen LogP contribution in [0.4, 0.5) is 0 Å². The molecule has 0 aliphatic carbocycles. The van der Waals surface area contributed by atoms with Crippen molar-refractivity contribution in [2.24, 2.45) is 0 Å². The number of hydrogen-bond donors (Lipinski definition) is 0. The van der Waals surface area contributed by atoms with Crippen molar-refractivity contribution in [3.8, 4) is 47.4 Å². The highest BCUT2D eigenvalue weighted by Crippen LogP contribution is 2.13. The summed E-state index contributed by atoms with van der Waals surface area (Å²) in [7, 11) is 1.92. The van der Waals surface area contributed by atoms with Crippen molar-refractivity contribution in [1.29, 1.82) is 0 Å². The van der Waals surface area contributed by atoms with Crippen molar-refractivity contribution in [2.45, 2.75) is 206 Å². The lowest BCUT2D eigenvalue weighted by atomic mass is 10.1. The maximum Gasteiger partial charge on any atom is 0.305 e. The number of unbranched alkanes of at least 4 members (excludes halogenated alkanes) is 24. The van der Waals surface area contributed by atoms with E-state index in [2.05, 4.69) is 61.2 Å². The first kappa shape index (κ1) is 49.1. The Morgan fingerprint density at radius 2 is 0.673 bits per heavy atom. The van der Waals surface area contributed by atoms with Gasteiger partial charge in [-0.3, -0.25) is 14.5 Å². The van der Waals surface area contributed by atoms with Gasteiger partial charge < -0.3 is 9.47 Å². The van der Waals surface area contributed by atoms with Crippen molar-refractivity contribution < 1.29 is 19.1 Å². The van der Waals surface area contributed by atoms with E-state index in [1.165, 1.54) is 128 Å². The predicted molar refractivity (Wildman–Crippen MR) is 220 cm³/mol. The van der Waals surface area contributed by atoms with Gasteiger partial charge in [0.15, 0.2) is 0 Å². The maximum atomic E-state index is 12.0. The number of likely N-dealkylation sites (N-methyl/N-ethyl adjacent to an activating group) is 1. The summed E-state index contributed by atoms with van der Waals surface area (Å²) in [5.74, 6) is 23.7. The molecule has 0 atom stereocenters. The molecule has 0 aromatic heterocycles. The molecule has 0 amide bonds. The summed E-state index contributed by atoms with van der Waals surface area (Å²) < 4.78 is 10.7. The molecule has 0 fully saturated rings. The number of rotatable bonds is 34. The van der Waals surface area contributed by atoms with Gasteiger partial charge in [0.05, 0.1) is 0 Å². The summed E-state index contributed by atoms with van der Waals surface area (Å²) in [6, 6.07) is 0. The highest BCUT2D eigenvalue weighted by molar-refractivity contribution is 5.69. The first-order valence-corrected chi connectivity index (χ1v) is 21.5. The first-order chi connectivity index (χ1) is 25.6. The summed E-state index contributed by atoms with van der Waals surface area (Å²) >= 11 is 0. The van der Waals surface area contributed by atoms with Crippen LogP contribution in [0.1, 0.15) is 206 Å². The van der Waals surface area contributed by atoms with Crippen LogP contribution in [0.25, 0.3) is 0 Å². The van der Waals surface area contributed by atoms with E-state index in [0.29, 0.717) is 64.8 Å². The fourth-order valence-corrected chi connectivity index (χ4v) is 5.71. The predicted octanol–water partition coefficient (Wildman–Crippen LogP) is 11.8. The van der Waals surface area contributed by atoms with E-state index >= 15 is 0 Å². The molecule has 0 N–H and O–H groups in total. The third-order valence-electron chi connectivity index (χ3n) is 9.13. The minimum Gasteiger partial charge on any atom is -0.464 e. The Hall–Kier alpha value is -2.86. The Bertz CT molecular complexity index is 997. The van der Waals surface area contributed by atoms with E-state index in [1.54, 1.807) is 0 Å². The van der Waals surface area contributed by atoms with Crippen molar-refractivity contribution in [2.75, 3.05) is 33.4 Å². The summed E-state index contributed by atoms with van der Waals surface area (Å²) in [6.07, 6.45) is 34.8. The van der Waals surface area contributed by atoms with Gasteiger partial charge in [-0.15, -0.1) is 0 Å². The number of esters is 2. The molecule has 0 aliphatic rings. The number of carbonyl (C=O) groups excluding carboxylic acids is 2. The van der Waals surface area contributed by atoms with Gasteiger partial charge in [0, 0.05) is 51.6 Å². The fraction of sp³-hybridized carbons (Fsp3) is 0.787. The molecular weight excluding hydrogens is 643 g/mol. The minimum absolute atomic E-state index is 0.206. The van der Waals surface area contributed by atoms with Crippen LogP contribution in [0.3, 0.4) is 0 Å². The van der Waals surface area contributed by atoms with Crippen LogP contribution in [0, 0.1) is 47.4 Å². The summed E-state index contributed by atoms with van der Waals surface area (Å²) in [4.78, 5) is 26.0. The van der Waals surface area contributed by atoms with Crippen LogP contribution in [0.15, 0.2) is 0 Å². The number of carbonyl (C=O) groups is 2. The third kappa shape index (κ3) is 41.6. The van der Waals surface area contributed by atoms with E-state index < -0.39 is 0 Å². The minimum atomic E-state index is -0.206. The smallest absolute Gasteiger partial charge is 0.305 e. The molecule has 0 saturated carbocycles. The monoisotopic (exact) mass is 720 g/mol. The lowest BCUT2D eigenvalue weighted by Gasteiger charge is -2.16. The molecule has 0 saturated heterocycles. The van der Waals surface area contributed by atoms with E-state index in [1.807, 2.05) is 11.9 Å². The Morgan fingerprint density at radius 3 is 0.981 bits per heavy atom. The average molecular weight is 720 g/mol. The third-order valence-corrected chi connectivity index (χ3v) is 9.13. The van der Waals surface area contributed by atoms with Crippen molar-refractivity contribution in [1.82, 2.24) is 4.90 Å². The second-order valence-corrected chi connectivity index (χ2v) is 14.2. The first-order valence-electron chi connectivity index (χ1n) is 21.5. The van der Waals surface area contributed by atoms with Gasteiger partial charge in [0.2, 0.25) is 0 Å². The van der Waals surface area contributed by atoms with Gasteiger partial charge >= 0.3 is 11.9 Å². The fourth-order valence-electron chi connectivity index (χ4n) is 5.71. The zero-order chi connectivity index (χ0) is 37.8. The summed E-state index contributed by atoms with van der Waals surface area (Å²) in [5.41, 5.74) is 0. The Morgan fingerprint density at radius 1 is 0.404 bits per heavy atom. The van der Waals surface area contributed by atoms with Gasteiger partial charge in [-0.2, -0.15) is 0 Å². The number of hydrogen-bond acceptors (Lipinski definition) is 5. The number of nitrogens with zero attached hydrogens (tertiary/aromatic N) is 1. The molecule has 0 radical (unpaired) electrons. The van der Waals surface area contributed by atoms with Gasteiger partial charge in [-0.25, -0.2) is 0 Å². The molecule has 52 heavy (non-hydrogen) atoms. The molecular formula is C47H77NO4. The molecule has 0 rings (SSSR count). The summed E-state index contributed by atoms with van der Waals surface area (Å²) in [5, 5.41) is 0. The summed E-state index contributed by atoms with van der Waals surface area (Å²) in [6.45, 7) is 6.36. The molecule has 0 aromatic carbocycles. The number of ether oxygens (including phenoxy) is 2. The van der Waals surface area contributed by atoms with Crippen LogP contribution in [0.5, 0.6) is 0 Å². The molecule has 0 unspecified atom stereocenters. The Labute approximate surface area is 322 Å². The van der Waals surface area contributed by atoms with Crippen LogP contribution < -0.4 is 0 Å². The molecule has 5 heteroatoms. The average Bonchev–Trinajstić information content (AvgIpc) is 3.13. The van der Waals surface area contributed by atoms with Crippen LogP contribution in [-0.4, -0.2) is 50.2 Å². The largest absolute Gasteiger partial charge is 0.464 e. The van der Waals surface area contributed by atoms with Gasteiger partial charge in [-0.05, 0) is 56.4 Å². The zero-order valence-electron chi connectivity index (χ0n) is 34.1. The van der Waals surface area contributed by atoms with Gasteiger partial charge in [-0.1, -0.05) is 166 Å². The maximum absolute atomic E-state index is 12.0. The Kier molecular flexibility index (Phi) is 40.2. The Balaban J connectivity index is 3.58. The van der Waals surface area contributed by atoms with Crippen LogP contribution >= 0.6 is 0 Å². The quantitative estimate of drug-likeness (QED) is 0.0376. The lowest BCUT2D eigenvalue weighted by Crippen LogP contribution is -2.28. The van der Waals surface area contributed by atoms with E-state index in [0.717, 1.165) is 25.7 Å². The lowest BCUT2D eigenvalue weighted by molar-refractivity contribution is -0.144. The van der Waals surface area contributed by atoms with E-state index in [-0.39, 0.29) is 11.9 Å². The zero-order valence-corrected chi connectivity index (χ0v) is 34.1. The van der Waals surface area contributed by atoms with Gasteiger partial charge in [0.1, 0.15) is 13.2 Å². The highest BCUT2D eigenvalue weighted by atomic mass is 16.5. The molecule has 0 bridgehead atoms. The molecule has 5 nitrogen and oxygen atoms in total. The van der Waals surface area contributed by atoms with Gasteiger partial charge in [0.25, 0.3) is 0 Å². The highest BCUT2D eigenvalue weighted by Gasteiger charge is 2.06. The van der Waals surface area contributed by atoms with E-state index in [4.69, 9.17) is 9.47 Å². The van der Waals surface area contributed by atoms with Crippen LogP contribution in [0.2, 0.25) is 0 Å². The molecule has 0 spiro atoms.